The minimum absolute atomic E-state index is 0.301. The van der Waals surface area contributed by atoms with Crippen LogP contribution in [0.3, 0.4) is 0 Å². The van der Waals surface area contributed by atoms with Crippen molar-refractivity contribution in [2.75, 3.05) is 0 Å². The molecule has 0 saturated carbocycles. The summed E-state index contributed by atoms with van der Waals surface area (Å²) in [6.45, 7) is 0. The molecule has 3 aromatic rings. The summed E-state index contributed by atoms with van der Waals surface area (Å²) < 4.78 is 0.301. The van der Waals surface area contributed by atoms with E-state index in [0.717, 1.165) is 27.8 Å². The van der Waals surface area contributed by atoms with Gasteiger partial charge in [-0.2, -0.15) is 0 Å². The molecule has 27 heavy (non-hydrogen) atoms. The molecule has 3 aromatic carbocycles. The van der Waals surface area contributed by atoms with E-state index in [1.54, 1.807) is 12.1 Å². The molecule has 130 valence electrons. The van der Waals surface area contributed by atoms with Crippen molar-refractivity contribution >= 4 is 38.6 Å². The van der Waals surface area contributed by atoms with Gasteiger partial charge in [0.2, 0.25) is 11.6 Å². The summed E-state index contributed by atoms with van der Waals surface area (Å²) in [5.41, 5.74) is 4.99. The second kappa shape index (κ2) is 7.29. The molecule has 0 unspecified atom stereocenters. The maximum atomic E-state index is 12.5. The van der Waals surface area contributed by atoms with E-state index in [-0.39, 0.29) is 0 Å². The van der Waals surface area contributed by atoms with Crippen LogP contribution >= 0.6 is 15.9 Å². The average molecular weight is 415 g/mol. The van der Waals surface area contributed by atoms with Gasteiger partial charge in [0.1, 0.15) is 0 Å². The van der Waals surface area contributed by atoms with Crippen LogP contribution < -0.4 is 0 Å². The monoisotopic (exact) mass is 414 g/mol. The first kappa shape index (κ1) is 17.4. The summed E-state index contributed by atoms with van der Waals surface area (Å²) >= 11 is 3.37. The van der Waals surface area contributed by atoms with Crippen molar-refractivity contribution in [3.63, 3.8) is 0 Å². The van der Waals surface area contributed by atoms with Crippen molar-refractivity contribution < 1.29 is 9.59 Å². The van der Waals surface area contributed by atoms with Gasteiger partial charge in [-0.1, -0.05) is 84.9 Å². The molecule has 1 aliphatic rings. The fraction of sp³-hybridized carbons (Fsp3) is 0. The van der Waals surface area contributed by atoms with Crippen LogP contribution in [0.4, 0.5) is 0 Å². The SMILES string of the molecule is O=C1C(=O)c2ccccc2C(C=C(c2ccccc2)c2ccccc2)=C1Br. The summed E-state index contributed by atoms with van der Waals surface area (Å²) in [4.78, 5) is 24.8. The fourth-order valence-corrected chi connectivity index (χ4v) is 3.74. The molecule has 0 saturated heterocycles. The number of hydrogen-bond acceptors (Lipinski definition) is 2. The Hall–Kier alpha value is -3.04. The average Bonchev–Trinajstić information content (AvgIpc) is 2.73. The minimum Gasteiger partial charge on any atom is -0.285 e. The van der Waals surface area contributed by atoms with Gasteiger partial charge in [0, 0.05) is 11.1 Å². The van der Waals surface area contributed by atoms with Gasteiger partial charge in [0.15, 0.2) is 0 Å². The number of benzene rings is 3. The van der Waals surface area contributed by atoms with Gasteiger partial charge < -0.3 is 0 Å². The third-order valence-electron chi connectivity index (χ3n) is 4.56. The van der Waals surface area contributed by atoms with Gasteiger partial charge in [-0.25, -0.2) is 0 Å². The highest BCUT2D eigenvalue weighted by atomic mass is 79.9. The molecule has 0 aromatic heterocycles. The lowest BCUT2D eigenvalue weighted by molar-refractivity contribution is -0.111. The lowest BCUT2D eigenvalue weighted by Gasteiger charge is -2.18. The molecule has 3 heteroatoms. The Morgan fingerprint density at radius 3 is 1.67 bits per heavy atom. The van der Waals surface area contributed by atoms with Crippen molar-refractivity contribution in [3.8, 4) is 0 Å². The first-order chi connectivity index (χ1) is 13.2. The normalized spacial score (nSPS) is 13.4. The lowest BCUT2D eigenvalue weighted by atomic mass is 9.86. The molecule has 0 heterocycles. The molecule has 0 fully saturated rings. The molecule has 1 aliphatic carbocycles. The first-order valence-corrected chi connectivity index (χ1v) is 9.37. The van der Waals surface area contributed by atoms with Crippen molar-refractivity contribution in [2.45, 2.75) is 0 Å². The predicted octanol–water partition coefficient (Wildman–Crippen LogP) is 5.69. The van der Waals surface area contributed by atoms with E-state index in [4.69, 9.17) is 0 Å². The Morgan fingerprint density at radius 1 is 0.630 bits per heavy atom. The van der Waals surface area contributed by atoms with Gasteiger partial charge in [-0.15, -0.1) is 0 Å². The molecule has 0 bridgehead atoms. The predicted molar refractivity (Wildman–Crippen MR) is 112 cm³/mol. The molecule has 0 spiro atoms. The van der Waals surface area contributed by atoms with E-state index in [9.17, 15) is 9.59 Å². The van der Waals surface area contributed by atoms with Gasteiger partial charge >= 0.3 is 0 Å². The summed E-state index contributed by atoms with van der Waals surface area (Å²) in [6, 6.07) is 27.3. The number of rotatable bonds is 3. The van der Waals surface area contributed by atoms with Crippen LogP contribution in [0.1, 0.15) is 27.0 Å². The Balaban J connectivity index is 1.98. The quantitative estimate of drug-likeness (QED) is 0.515. The van der Waals surface area contributed by atoms with E-state index in [2.05, 4.69) is 15.9 Å². The molecule has 0 radical (unpaired) electrons. The van der Waals surface area contributed by atoms with Gasteiger partial charge in [-0.3, -0.25) is 9.59 Å². The number of allylic oxidation sites excluding steroid dienone is 3. The second-order valence-electron chi connectivity index (χ2n) is 6.22. The summed E-state index contributed by atoms with van der Waals surface area (Å²) in [7, 11) is 0. The molecular weight excluding hydrogens is 400 g/mol. The highest BCUT2D eigenvalue weighted by Crippen LogP contribution is 2.36. The third-order valence-corrected chi connectivity index (χ3v) is 5.35. The van der Waals surface area contributed by atoms with E-state index in [1.807, 2.05) is 78.9 Å². The van der Waals surface area contributed by atoms with Crippen LogP contribution in [-0.2, 0) is 4.79 Å². The summed E-state index contributed by atoms with van der Waals surface area (Å²) in [5.74, 6) is -0.990. The number of Topliss-reactive ketones (excluding diaryl/α,β-unsaturated/α-hetero) is 2. The fourth-order valence-electron chi connectivity index (χ4n) is 3.23. The summed E-state index contributed by atoms with van der Waals surface area (Å²) in [5, 5.41) is 0. The molecular formula is C24H15BrO2. The van der Waals surface area contributed by atoms with E-state index in [1.165, 1.54) is 0 Å². The maximum absolute atomic E-state index is 12.5. The number of fused-ring (bicyclic) bond motifs is 1. The van der Waals surface area contributed by atoms with E-state index < -0.39 is 11.6 Å². The Kier molecular flexibility index (Phi) is 4.69. The van der Waals surface area contributed by atoms with Crippen molar-refractivity contribution in [1.82, 2.24) is 0 Å². The smallest absolute Gasteiger partial charge is 0.241 e. The van der Waals surface area contributed by atoms with Gasteiger partial charge in [0.25, 0.3) is 0 Å². The van der Waals surface area contributed by atoms with Crippen LogP contribution in [0, 0.1) is 0 Å². The van der Waals surface area contributed by atoms with Gasteiger partial charge in [0.05, 0.1) is 4.48 Å². The van der Waals surface area contributed by atoms with Gasteiger partial charge in [-0.05, 0) is 44.3 Å². The highest BCUT2D eigenvalue weighted by molar-refractivity contribution is 9.12. The molecule has 2 nitrogen and oxygen atoms in total. The van der Waals surface area contributed by atoms with Crippen molar-refractivity contribution in [3.05, 3.63) is 118 Å². The zero-order valence-corrected chi connectivity index (χ0v) is 15.9. The van der Waals surface area contributed by atoms with Crippen LogP contribution in [0.25, 0.3) is 11.1 Å². The Labute approximate surface area is 166 Å². The molecule has 4 rings (SSSR count). The topological polar surface area (TPSA) is 34.1 Å². The number of halogens is 1. The lowest BCUT2D eigenvalue weighted by Crippen LogP contribution is -2.21. The van der Waals surface area contributed by atoms with Crippen LogP contribution in [0.5, 0.6) is 0 Å². The molecule has 0 N–H and O–H groups in total. The highest BCUT2D eigenvalue weighted by Gasteiger charge is 2.30. The van der Waals surface area contributed by atoms with E-state index in [0.29, 0.717) is 10.0 Å². The molecule has 0 atom stereocenters. The third kappa shape index (κ3) is 3.22. The Bertz CT molecular complexity index is 1050. The first-order valence-electron chi connectivity index (χ1n) is 8.57. The summed E-state index contributed by atoms with van der Waals surface area (Å²) in [6.07, 6.45) is 1.98. The van der Waals surface area contributed by atoms with Crippen LogP contribution in [-0.4, -0.2) is 11.6 Å². The van der Waals surface area contributed by atoms with Crippen LogP contribution in [0.2, 0.25) is 0 Å². The maximum Gasteiger partial charge on any atom is 0.241 e. The number of hydrogen-bond donors (Lipinski definition) is 0. The van der Waals surface area contributed by atoms with Crippen molar-refractivity contribution in [2.24, 2.45) is 0 Å². The largest absolute Gasteiger partial charge is 0.285 e. The second-order valence-corrected chi connectivity index (χ2v) is 7.01. The molecule has 0 aliphatic heterocycles. The van der Waals surface area contributed by atoms with E-state index >= 15 is 0 Å². The standard InChI is InChI=1S/C24H15BrO2/c25-22-21(18-13-7-8-14-19(18)23(26)24(22)27)15-20(16-9-3-1-4-10-16)17-11-5-2-6-12-17/h1-15H. The zero-order valence-electron chi connectivity index (χ0n) is 14.4. The Morgan fingerprint density at radius 2 is 1.11 bits per heavy atom. The molecule has 0 amide bonds. The van der Waals surface area contributed by atoms with Crippen molar-refractivity contribution in [1.29, 1.82) is 0 Å². The van der Waals surface area contributed by atoms with Crippen LogP contribution in [0.15, 0.2) is 95.5 Å². The number of carbonyl (C=O) groups excluding carboxylic acids is 2. The minimum atomic E-state index is -0.513. The number of ketones is 2. The number of carbonyl (C=O) groups is 2. The zero-order chi connectivity index (χ0) is 18.8.